The third kappa shape index (κ3) is 6.58. The fourth-order valence-corrected chi connectivity index (χ4v) is 2.45. The van der Waals surface area contributed by atoms with Crippen LogP contribution in [0.25, 0.3) is 0 Å². The van der Waals surface area contributed by atoms with Crippen LogP contribution < -0.4 is 10.1 Å². The molecule has 2 N–H and O–H groups in total. The summed E-state index contributed by atoms with van der Waals surface area (Å²) in [6, 6.07) is 3.92. The first kappa shape index (κ1) is 24.4. The summed E-state index contributed by atoms with van der Waals surface area (Å²) in [5, 5.41) is 16.8. The highest BCUT2D eigenvalue weighted by molar-refractivity contribution is 5.69. The van der Waals surface area contributed by atoms with Crippen LogP contribution in [-0.2, 0) is 10.3 Å². The summed E-state index contributed by atoms with van der Waals surface area (Å²) >= 11 is 0. The van der Waals surface area contributed by atoms with E-state index in [1.54, 1.807) is 34.6 Å². The summed E-state index contributed by atoms with van der Waals surface area (Å²) in [7, 11) is 0. The van der Waals surface area contributed by atoms with Gasteiger partial charge in [-0.3, -0.25) is 0 Å². The number of ether oxygens (including phenoxy) is 2. The van der Waals surface area contributed by atoms with E-state index in [1.165, 1.54) is 25.1 Å². The number of alkyl carbamates (subject to hydrolysis) is 1. The highest BCUT2D eigenvalue weighted by Gasteiger charge is 2.37. The van der Waals surface area contributed by atoms with Gasteiger partial charge < -0.3 is 24.4 Å². The molecule has 0 aliphatic carbocycles. The summed E-state index contributed by atoms with van der Waals surface area (Å²) in [6.45, 7) is 9.82. The summed E-state index contributed by atoms with van der Waals surface area (Å²) in [5.74, 6) is -1.19. The number of halogens is 3. The van der Waals surface area contributed by atoms with Crippen LogP contribution in [0.15, 0.2) is 28.8 Å². The zero-order valence-corrected chi connectivity index (χ0v) is 18.1. The lowest BCUT2D eigenvalue weighted by Gasteiger charge is -2.24. The first-order valence-electron chi connectivity index (χ1n) is 9.51. The molecule has 1 amide bonds. The second kappa shape index (κ2) is 8.74. The van der Waals surface area contributed by atoms with E-state index in [4.69, 9.17) is 9.26 Å². The molecule has 0 aliphatic rings. The normalized spacial score (nSPS) is 15.3. The molecule has 0 bridgehead atoms. The van der Waals surface area contributed by atoms with Crippen molar-refractivity contribution < 1.29 is 37.1 Å². The molecule has 0 fully saturated rings. The van der Waals surface area contributed by atoms with Crippen molar-refractivity contribution in [1.82, 2.24) is 15.5 Å². The molecule has 1 aromatic carbocycles. The van der Waals surface area contributed by atoms with Gasteiger partial charge in [-0.1, -0.05) is 37.2 Å². The van der Waals surface area contributed by atoms with Crippen molar-refractivity contribution in [2.75, 3.05) is 0 Å². The third-order valence-corrected chi connectivity index (χ3v) is 4.37. The van der Waals surface area contributed by atoms with Crippen LogP contribution in [0.2, 0.25) is 0 Å². The predicted molar refractivity (Wildman–Crippen MR) is 103 cm³/mol. The smallest absolute Gasteiger partial charge is 0.444 e. The molecule has 2 atom stereocenters. The Kier molecular flexibility index (Phi) is 6.89. The Labute approximate surface area is 177 Å². The number of carbonyl (C=O) groups is 1. The Bertz CT molecular complexity index is 904. The number of para-hydroxylation sites is 1. The predicted octanol–water partition coefficient (Wildman–Crippen LogP) is 4.45. The van der Waals surface area contributed by atoms with Gasteiger partial charge in [0.05, 0.1) is 0 Å². The number of amides is 1. The van der Waals surface area contributed by atoms with Gasteiger partial charge in [0.2, 0.25) is 0 Å². The van der Waals surface area contributed by atoms with E-state index in [-0.39, 0.29) is 23.2 Å². The molecule has 172 valence electrons. The maximum Gasteiger partial charge on any atom is 0.573 e. The molecule has 2 rings (SSSR count). The van der Waals surface area contributed by atoms with Crippen molar-refractivity contribution in [1.29, 1.82) is 0 Å². The monoisotopic (exact) mass is 445 g/mol. The number of carbonyl (C=O) groups excluding carboxylic acids is 1. The van der Waals surface area contributed by atoms with E-state index in [2.05, 4.69) is 20.2 Å². The number of hydrogen-bond acceptors (Lipinski definition) is 7. The van der Waals surface area contributed by atoms with Crippen LogP contribution in [-0.4, -0.2) is 33.3 Å². The average molecular weight is 445 g/mol. The lowest BCUT2D eigenvalue weighted by Crippen LogP contribution is -2.36. The largest absolute Gasteiger partial charge is 0.573 e. The van der Waals surface area contributed by atoms with Crippen LogP contribution in [0, 0.1) is 5.92 Å². The number of hydrogen-bond donors (Lipinski definition) is 2. The van der Waals surface area contributed by atoms with Gasteiger partial charge in [-0.25, -0.2) is 4.79 Å². The van der Waals surface area contributed by atoms with Crippen LogP contribution in [0.3, 0.4) is 0 Å². The molecular formula is C20H26F3N3O5. The van der Waals surface area contributed by atoms with Crippen molar-refractivity contribution >= 4 is 6.09 Å². The molecule has 0 radical (unpaired) electrons. The number of rotatable bonds is 6. The zero-order valence-electron chi connectivity index (χ0n) is 18.1. The van der Waals surface area contributed by atoms with Gasteiger partial charge in [-0.05, 0) is 39.7 Å². The second-order valence-corrected chi connectivity index (χ2v) is 8.42. The van der Waals surface area contributed by atoms with Crippen LogP contribution >= 0.6 is 0 Å². The topological polar surface area (TPSA) is 107 Å². The molecular weight excluding hydrogens is 419 g/mol. The zero-order chi connectivity index (χ0) is 23.6. The Hall–Kier alpha value is -2.82. The SMILES string of the molecule is CC(C)[C@@](C)(O)c1nc([C@@H](NC(=O)OC(C)(C)C)c2ccccc2OC(F)(F)F)no1. The highest BCUT2D eigenvalue weighted by Crippen LogP contribution is 2.34. The Morgan fingerprint density at radius 2 is 1.77 bits per heavy atom. The fourth-order valence-electron chi connectivity index (χ4n) is 2.45. The highest BCUT2D eigenvalue weighted by atomic mass is 19.4. The van der Waals surface area contributed by atoms with Gasteiger partial charge in [-0.15, -0.1) is 13.2 Å². The summed E-state index contributed by atoms with van der Waals surface area (Å²) in [5.41, 5.74) is -2.44. The minimum atomic E-state index is -4.96. The average Bonchev–Trinajstić information content (AvgIpc) is 3.08. The minimum absolute atomic E-state index is 0.0813. The molecule has 8 nitrogen and oxygen atoms in total. The van der Waals surface area contributed by atoms with Crippen LogP contribution in [0.4, 0.5) is 18.0 Å². The second-order valence-electron chi connectivity index (χ2n) is 8.42. The molecule has 0 unspecified atom stereocenters. The van der Waals surface area contributed by atoms with Crippen molar-refractivity contribution in [3.63, 3.8) is 0 Å². The van der Waals surface area contributed by atoms with Crippen LogP contribution in [0.5, 0.6) is 5.75 Å². The van der Waals surface area contributed by atoms with E-state index in [0.717, 1.165) is 6.07 Å². The van der Waals surface area contributed by atoms with Gasteiger partial charge in [0.1, 0.15) is 23.0 Å². The number of alkyl halides is 3. The number of aromatic nitrogens is 2. The first-order chi connectivity index (χ1) is 14.1. The molecule has 0 saturated heterocycles. The first-order valence-corrected chi connectivity index (χ1v) is 9.51. The molecule has 1 aromatic heterocycles. The molecule has 1 heterocycles. The Morgan fingerprint density at radius 1 is 1.16 bits per heavy atom. The van der Waals surface area contributed by atoms with E-state index < -0.39 is 35.4 Å². The summed E-state index contributed by atoms with van der Waals surface area (Å²) in [6.07, 6.45) is -5.88. The lowest BCUT2D eigenvalue weighted by molar-refractivity contribution is -0.275. The third-order valence-electron chi connectivity index (χ3n) is 4.37. The lowest BCUT2D eigenvalue weighted by atomic mass is 9.92. The molecule has 0 spiro atoms. The Morgan fingerprint density at radius 3 is 2.32 bits per heavy atom. The van der Waals surface area contributed by atoms with Crippen molar-refractivity contribution in [2.24, 2.45) is 5.92 Å². The van der Waals surface area contributed by atoms with Gasteiger partial charge in [0, 0.05) is 5.56 Å². The van der Waals surface area contributed by atoms with Crippen molar-refractivity contribution in [2.45, 2.75) is 65.1 Å². The van der Waals surface area contributed by atoms with E-state index in [9.17, 15) is 23.1 Å². The maximum atomic E-state index is 12.9. The number of benzene rings is 1. The molecule has 0 aliphatic heterocycles. The summed E-state index contributed by atoms with van der Waals surface area (Å²) < 4.78 is 53.2. The molecule has 0 saturated carbocycles. The number of nitrogens with zero attached hydrogens (tertiary/aromatic N) is 2. The fraction of sp³-hybridized carbons (Fsp3) is 0.550. The van der Waals surface area contributed by atoms with E-state index in [0.29, 0.717) is 0 Å². The standard InChI is InChI=1S/C20H26F3N3O5/c1-11(2)19(6,28)16-25-15(26-31-16)14(24-17(27)30-18(3,4)5)12-9-7-8-10-13(12)29-20(21,22)23/h7-11,14,28H,1-6H3,(H,24,27)/t14-,19+/m0/s1. The molecule has 2 aromatic rings. The number of aliphatic hydroxyl groups is 1. The summed E-state index contributed by atoms with van der Waals surface area (Å²) in [4.78, 5) is 16.5. The molecule has 31 heavy (non-hydrogen) atoms. The maximum absolute atomic E-state index is 12.9. The Balaban J connectivity index is 2.52. The molecule has 11 heteroatoms. The quantitative estimate of drug-likeness (QED) is 0.677. The van der Waals surface area contributed by atoms with E-state index in [1.807, 2.05) is 0 Å². The van der Waals surface area contributed by atoms with Crippen molar-refractivity contribution in [3.05, 3.63) is 41.5 Å². The van der Waals surface area contributed by atoms with Crippen LogP contribution in [0.1, 0.15) is 64.9 Å². The van der Waals surface area contributed by atoms with Gasteiger partial charge in [0.15, 0.2) is 5.82 Å². The van der Waals surface area contributed by atoms with Crippen molar-refractivity contribution in [3.8, 4) is 5.75 Å². The van der Waals surface area contributed by atoms with Gasteiger partial charge in [-0.2, -0.15) is 4.98 Å². The minimum Gasteiger partial charge on any atom is -0.444 e. The number of nitrogens with one attached hydrogen (secondary N) is 1. The van der Waals surface area contributed by atoms with E-state index >= 15 is 0 Å². The van der Waals surface area contributed by atoms with Gasteiger partial charge >= 0.3 is 12.5 Å². The van der Waals surface area contributed by atoms with Gasteiger partial charge in [0.25, 0.3) is 5.89 Å².